The van der Waals surface area contributed by atoms with Crippen molar-refractivity contribution in [3.63, 3.8) is 0 Å². The van der Waals surface area contributed by atoms with Crippen molar-refractivity contribution in [3.8, 4) is 5.75 Å². The van der Waals surface area contributed by atoms with E-state index in [1.54, 1.807) is 12.1 Å². The molecule has 1 aromatic carbocycles. The molecule has 0 aliphatic heterocycles. The molecule has 0 unspecified atom stereocenters. The van der Waals surface area contributed by atoms with Gasteiger partial charge in [-0.25, -0.2) is 0 Å². The monoisotopic (exact) mass is 332 g/mol. The van der Waals surface area contributed by atoms with Crippen LogP contribution in [0.5, 0.6) is 5.75 Å². The summed E-state index contributed by atoms with van der Waals surface area (Å²) in [5.41, 5.74) is 0.753. The number of phenols is 1. The zero-order valence-corrected chi connectivity index (χ0v) is 11.9. The molecule has 0 saturated carbocycles. The number of halogens is 1. The normalized spacial score (nSPS) is 11.3. The number of carbonyl (C=O) groups is 1. The summed E-state index contributed by atoms with van der Waals surface area (Å²) in [5, 5.41) is 23.7. The van der Waals surface area contributed by atoms with Gasteiger partial charge in [0.15, 0.2) is 0 Å². The van der Waals surface area contributed by atoms with Crippen LogP contribution in [0.15, 0.2) is 27.8 Å². The number of amides is 1. The van der Waals surface area contributed by atoms with Gasteiger partial charge in [0.2, 0.25) is 0 Å². The minimum absolute atomic E-state index is 0.00868. The summed E-state index contributed by atoms with van der Waals surface area (Å²) in [6.45, 7) is 0.403. The van der Waals surface area contributed by atoms with Gasteiger partial charge in [0, 0.05) is 18.7 Å². The molecule has 0 heterocycles. The number of nitrogens with one attached hydrogen (secondary N) is 1. The Balaban J connectivity index is 2.74. The molecule has 0 aromatic heterocycles. The molecule has 0 aliphatic carbocycles. The average molecular weight is 333 g/mol. The Hall–Kier alpha value is -1.21. The maximum absolute atomic E-state index is 11.6. The van der Waals surface area contributed by atoms with E-state index in [0.717, 1.165) is 5.56 Å². The Morgan fingerprint density at radius 3 is 2.78 bits per heavy atom. The van der Waals surface area contributed by atoms with Gasteiger partial charge < -0.3 is 15.6 Å². The fourth-order valence-corrected chi connectivity index (χ4v) is 1.82. The molecule has 5 nitrogen and oxygen atoms in total. The van der Waals surface area contributed by atoms with E-state index < -0.39 is 5.91 Å². The molecular weight excluding hydrogens is 320 g/mol. The second-order valence-corrected chi connectivity index (χ2v) is 4.79. The number of hydrogen-bond acceptors (Lipinski definition) is 5. The van der Waals surface area contributed by atoms with Gasteiger partial charge in [-0.3, -0.25) is 4.79 Å². The molecule has 0 atom stereocenters. The fraction of sp³-hybridized carbons (Fsp3) is 0.273. The van der Waals surface area contributed by atoms with Crippen LogP contribution in [0.25, 0.3) is 0 Å². The van der Waals surface area contributed by atoms with Crippen LogP contribution in [-0.2, 0) is 11.2 Å². The molecule has 0 aliphatic rings. The molecule has 1 aromatic rings. The van der Waals surface area contributed by atoms with Gasteiger partial charge in [-0.05, 0) is 33.6 Å². The van der Waals surface area contributed by atoms with E-state index in [1.165, 1.54) is 6.07 Å². The summed E-state index contributed by atoms with van der Waals surface area (Å²) < 4.78 is 0.521. The number of thiol groups is 1. The van der Waals surface area contributed by atoms with Gasteiger partial charge in [0.1, 0.15) is 11.5 Å². The van der Waals surface area contributed by atoms with Crippen LogP contribution in [0, 0.1) is 0 Å². The molecule has 0 radical (unpaired) electrons. The number of nitrogens with zero attached hydrogens (tertiary/aromatic N) is 1. The van der Waals surface area contributed by atoms with Gasteiger partial charge in [0.05, 0.1) is 4.47 Å². The van der Waals surface area contributed by atoms with Crippen molar-refractivity contribution in [1.29, 1.82) is 0 Å². The summed E-state index contributed by atoms with van der Waals surface area (Å²) in [6, 6.07) is 4.81. The number of aromatic hydroxyl groups is 1. The molecule has 0 bridgehead atoms. The largest absolute Gasteiger partial charge is 0.507 e. The van der Waals surface area contributed by atoms with Crippen molar-refractivity contribution in [2.45, 2.75) is 6.42 Å². The highest BCUT2D eigenvalue weighted by molar-refractivity contribution is 9.10. The lowest BCUT2D eigenvalue weighted by molar-refractivity contribution is -0.114. The third-order valence-corrected chi connectivity index (χ3v) is 3.02. The lowest BCUT2D eigenvalue weighted by atomic mass is 10.1. The highest BCUT2D eigenvalue weighted by Crippen LogP contribution is 2.24. The molecule has 3 N–H and O–H groups in total. The molecule has 0 saturated heterocycles. The van der Waals surface area contributed by atoms with Gasteiger partial charge in [-0.1, -0.05) is 11.2 Å². The van der Waals surface area contributed by atoms with Crippen LogP contribution in [0.3, 0.4) is 0 Å². The lowest BCUT2D eigenvalue weighted by Crippen LogP contribution is -2.33. The summed E-state index contributed by atoms with van der Waals surface area (Å²) in [7, 11) is 0. The molecule has 7 heteroatoms. The van der Waals surface area contributed by atoms with Crippen LogP contribution in [0.2, 0.25) is 0 Å². The molecule has 0 fully saturated rings. The third-order valence-electron chi connectivity index (χ3n) is 2.16. The van der Waals surface area contributed by atoms with Crippen molar-refractivity contribution < 1.29 is 15.1 Å². The first-order valence-corrected chi connectivity index (χ1v) is 6.58. The quantitative estimate of drug-likeness (QED) is 0.286. The van der Waals surface area contributed by atoms with Crippen molar-refractivity contribution in [2.24, 2.45) is 5.16 Å². The van der Waals surface area contributed by atoms with Crippen LogP contribution in [-0.4, -0.2) is 34.2 Å². The maximum Gasteiger partial charge on any atom is 0.269 e. The number of oxime groups is 1. The Morgan fingerprint density at radius 1 is 1.50 bits per heavy atom. The summed E-state index contributed by atoms with van der Waals surface area (Å²) >= 11 is 7.14. The predicted molar refractivity (Wildman–Crippen MR) is 75.6 cm³/mol. The molecule has 18 heavy (non-hydrogen) atoms. The number of benzene rings is 1. The Morgan fingerprint density at radius 2 is 2.22 bits per heavy atom. The number of hydrogen-bond donors (Lipinski definition) is 4. The van der Waals surface area contributed by atoms with Crippen LogP contribution in [0.4, 0.5) is 0 Å². The molecule has 1 amide bonds. The number of carbonyl (C=O) groups excluding carboxylic acids is 1. The van der Waals surface area contributed by atoms with Crippen LogP contribution >= 0.6 is 28.6 Å². The fourth-order valence-electron chi connectivity index (χ4n) is 1.29. The van der Waals surface area contributed by atoms with Crippen LogP contribution in [0.1, 0.15) is 5.56 Å². The van der Waals surface area contributed by atoms with Gasteiger partial charge in [0.25, 0.3) is 5.91 Å². The maximum atomic E-state index is 11.6. The molecule has 1 rings (SSSR count). The van der Waals surface area contributed by atoms with Crippen LogP contribution < -0.4 is 5.32 Å². The average Bonchev–Trinajstić information content (AvgIpc) is 2.37. The van der Waals surface area contributed by atoms with Crippen molar-refractivity contribution in [1.82, 2.24) is 5.32 Å². The standard InChI is InChI=1S/C11H13BrN2O3S/c12-8-5-7(1-2-10(8)15)6-9(14-17)11(16)13-3-4-18/h1-2,5,15,17-18H,3-4,6H2,(H,13,16)/b14-9+. The Labute approximate surface area is 118 Å². The first-order valence-electron chi connectivity index (χ1n) is 5.16. The second kappa shape index (κ2) is 7.27. The zero-order valence-electron chi connectivity index (χ0n) is 9.43. The van der Waals surface area contributed by atoms with E-state index >= 15 is 0 Å². The number of phenolic OH excluding ortho intramolecular Hbond substituents is 1. The number of rotatable bonds is 5. The van der Waals surface area contributed by atoms with E-state index in [0.29, 0.717) is 16.8 Å². The second-order valence-electron chi connectivity index (χ2n) is 3.49. The third kappa shape index (κ3) is 4.23. The first kappa shape index (κ1) is 14.8. The molecule has 0 spiro atoms. The van der Waals surface area contributed by atoms with Crippen molar-refractivity contribution >= 4 is 40.2 Å². The zero-order chi connectivity index (χ0) is 13.5. The van der Waals surface area contributed by atoms with E-state index in [2.05, 4.69) is 39.0 Å². The van der Waals surface area contributed by atoms with Gasteiger partial charge in [-0.15, -0.1) is 0 Å². The Bertz CT molecular complexity index is 466. The smallest absolute Gasteiger partial charge is 0.269 e. The van der Waals surface area contributed by atoms with Gasteiger partial charge >= 0.3 is 0 Å². The van der Waals surface area contributed by atoms with E-state index in [1.807, 2.05) is 0 Å². The van der Waals surface area contributed by atoms with E-state index in [4.69, 9.17) is 5.21 Å². The van der Waals surface area contributed by atoms with Crippen molar-refractivity contribution in [2.75, 3.05) is 12.3 Å². The van der Waals surface area contributed by atoms with E-state index in [9.17, 15) is 9.90 Å². The summed E-state index contributed by atoms with van der Waals surface area (Å²) in [6.07, 6.45) is 0.174. The van der Waals surface area contributed by atoms with Gasteiger partial charge in [-0.2, -0.15) is 12.6 Å². The molecule has 98 valence electrons. The predicted octanol–water partition coefficient (Wildman–Crippen LogP) is 1.57. The topological polar surface area (TPSA) is 81.9 Å². The van der Waals surface area contributed by atoms with Crippen molar-refractivity contribution in [3.05, 3.63) is 28.2 Å². The molecular formula is C11H13BrN2O3S. The van der Waals surface area contributed by atoms with E-state index in [-0.39, 0.29) is 17.9 Å². The first-order chi connectivity index (χ1) is 8.58. The highest BCUT2D eigenvalue weighted by Gasteiger charge is 2.13. The minimum Gasteiger partial charge on any atom is -0.507 e. The minimum atomic E-state index is -0.434. The summed E-state index contributed by atoms with van der Waals surface area (Å²) in [4.78, 5) is 11.6. The summed E-state index contributed by atoms with van der Waals surface area (Å²) in [5.74, 6) is 0.186. The SMILES string of the molecule is O=C(NCCS)/C(Cc1ccc(O)c(Br)c1)=N/O. The lowest BCUT2D eigenvalue weighted by Gasteiger charge is -2.06. The Kier molecular flexibility index (Phi) is 6.00. The highest BCUT2D eigenvalue weighted by atomic mass is 79.9.